The van der Waals surface area contributed by atoms with Gasteiger partial charge in [-0.1, -0.05) is 0 Å². The van der Waals surface area contributed by atoms with Gasteiger partial charge in [-0.25, -0.2) is 4.98 Å². The number of hydrogen-bond donors (Lipinski definition) is 1. The molecule has 1 fully saturated rings. The Bertz CT molecular complexity index is 840. The second-order valence-electron chi connectivity index (χ2n) is 6.09. The smallest absolute Gasteiger partial charge is 0.247 e. The van der Waals surface area contributed by atoms with E-state index < -0.39 is 0 Å². The number of hydrogen-bond acceptors (Lipinski definition) is 4. The zero-order valence-electron chi connectivity index (χ0n) is 12.9. The molecule has 6 heteroatoms. The Kier molecular flexibility index (Phi) is 3.37. The molecular weight excluding hydrogens is 306 g/mol. The summed E-state index contributed by atoms with van der Waals surface area (Å²) in [6, 6.07) is 1.94. The van der Waals surface area contributed by atoms with E-state index in [1.54, 1.807) is 29.3 Å². The summed E-state index contributed by atoms with van der Waals surface area (Å²) in [7, 11) is 0. The van der Waals surface area contributed by atoms with Crippen molar-refractivity contribution in [2.24, 2.45) is 0 Å². The van der Waals surface area contributed by atoms with E-state index in [1.807, 2.05) is 6.07 Å². The highest BCUT2D eigenvalue weighted by molar-refractivity contribution is 6.05. The van der Waals surface area contributed by atoms with E-state index in [0.717, 1.165) is 22.3 Å². The second kappa shape index (κ2) is 5.56. The second-order valence-corrected chi connectivity index (χ2v) is 6.09. The molecule has 1 saturated heterocycles. The van der Waals surface area contributed by atoms with Crippen LogP contribution in [0.1, 0.15) is 17.5 Å². The maximum absolute atomic E-state index is 12.3. The van der Waals surface area contributed by atoms with Crippen molar-refractivity contribution < 1.29 is 14.4 Å². The van der Waals surface area contributed by atoms with Gasteiger partial charge in [-0.2, -0.15) is 0 Å². The summed E-state index contributed by atoms with van der Waals surface area (Å²) in [5, 5.41) is 2.73. The van der Waals surface area contributed by atoms with Gasteiger partial charge in [0.25, 0.3) is 0 Å². The van der Waals surface area contributed by atoms with E-state index in [-0.39, 0.29) is 17.6 Å². The van der Waals surface area contributed by atoms with Gasteiger partial charge in [0.1, 0.15) is 5.82 Å². The van der Waals surface area contributed by atoms with Gasteiger partial charge in [0.15, 0.2) is 5.78 Å². The SMILES string of the molecule is O=C1C=C2CN(C(=O)C=Cc3cnc4c(c3)CCC(=O)N4)CC2=C1. The van der Waals surface area contributed by atoms with Gasteiger partial charge in [0.2, 0.25) is 11.8 Å². The van der Waals surface area contributed by atoms with Crippen LogP contribution in [0.3, 0.4) is 0 Å². The molecule has 1 aromatic rings. The summed E-state index contributed by atoms with van der Waals surface area (Å²) < 4.78 is 0. The third-order valence-electron chi connectivity index (χ3n) is 4.36. The highest BCUT2D eigenvalue weighted by atomic mass is 16.2. The molecule has 2 amide bonds. The molecule has 1 aliphatic carbocycles. The zero-order chi connectivity index (χ0) is 16.7. The molecule has 0 atom stereocenters. The van der Waals surface area contributed by atoms with Crippen molar-refractivity contribution in [1.29, 1.82) is 0 Å². The number of nitrogens with zero attached hydrogens (tertiary/aromatic N) is 2. The van der Waals surface area contributed by atoms with Gasteiger partial charge >= 0.3 is 0 Å². The normalized spacial score (nSPS) is 19.1. The minimum atomic E-state index is -0.0929. The van der Waals surface area contributed by atoms with E-state index >= 15 is 0 Å². The van der Waals surface area contributed by atoms with Crippen molar-refractivity contribution in [3.63, 3.8) is 0 Å². The Balaban J connectivity index is 1.45. The van der Waals surface area contributed by atoms with Crippen LogP contribution in [0.2, 0.25) is 0 Å². The Hall–Kier alpha value is -3.02. The monoisotopic (exact) mass is 321 g/mol. The Morgan fingerprint density at radius 1 is 1.17 bits per heavy atom. The number of pyridine rings is 1. The van der Waals surface area contributed by atoms with Crippen LogP contribution in [-0.4, -0.2) is 40.6 Å². The molecule has 24 heavy (non-hydrogen) atoms. The van der Waals surface area contributed by atoms with Crippen molar-refractivity contribution >= 4 is 29.5 Å². The molecule has 0 saturated carbocycles. The van der Waals surface area contributed by atoms with Crippen molar-refractivity contribution in [3.8, 4) is 0 Å². The first-order chi connectivity index (χ1) is 11.6. The first kappa shape index (κ1) is 14.6. The summed E-state index contributed by atoms with van der Waals surface area (Å²) in [5.74, 6) is 0.500. The van der Waals surface area contributed by atoms with Crippen LogP contribution < -0.4 is 5.32 Å². The molecule has 3 aliphatic rings. The number of amides is 2. The lowest BCUT2D eigenvalue weighted by atomic mass is 10.0. The highest BCUT2D eigenvalue weighted by Crippen LogP contribution is 2.26. The minimum Gasteiger partial charge on any atom is -0.330 e. The summed E-state index contributed by atoms with van der Waals surface area (Å²) >= 11 is 0. The van der Waals surface area contributed by atoms with Gasteiger partial charge in [0.05, 0.1) is 0 Å². The molecule has 3 heterocycles. The fraction of sp³-hybridized carbons (Fsp3) is 0.222. The van der Waals surface area contributed by atoms with Crippen LogP contribution in [0.5, 0.6) is 0 Å². The molecule has 6 nitrogen and oxygen atoms in total. The molecule has 0 aromatic carbocycles. The lowest BCUT2D eigenvalue weighted by Crippen LogP contribution is -2.26. The maximum Gasteiger partial charge on any atom is 0.247 e. The number of allylic oxidation sites excluding steroid dienone is 2. The predicted octanol–water partition coefficient (Wildman–Crippen LogP) is 1.26. The summed E-state index contributed by atoms with van der Waals surface area (Å²) in [6.45, 7) is 0.963. The third-order valence-corrected chi connectivity index (χ3v) is 4.36. The van der Waals surface area contributed by atoms with Crippen molar-refractivity contribution in [1.82, 2.24) is 9.88 Å². The average Bonchev–Trinajstić information content (AvgIpc) is 3.10. The van der Waals surface area contributed by atoms with E-state index in [2.05, 4.69) is 10.3 Å². The highest BCUT2D eigenvalue weighted by Gasteiger charge is 2.28. The molecule has 0 spiro atoms. The molecule has 0 bridgehead atoms. The van der Waals surface area contributed by atoms with Crippen molar-refractivity contribution in [2.75, 3.05) is 18.4 Å². The quantitative estimate of drug-likeness (QED) is 0.832. The molecule has 120 valence electrons. The molecule has 1 N–H and O–H groups in total. The number of fused-ring (bicyclic) bond motifs is 2. The lowest BCUT2D eigenvalue weighted by Gasteiger charge is -2.15. The number of carbonyl (C=O) groups is 3. The Morgan fingerprint density at radius 2 is 1.92 bits per heavy atom. The van der Waals surface area contributed by atoms with Gasteiger partial charge in [-0.15, -0.1) is 0 Å². The summed E-state index contributed by atoms with van der Waals surface area (Å²) in [6.07, 6.45) is 9.19. The van der Waals surface area contributed by atoms with Crippen LogP contribution in [0.15, 0.2) is 41.6 Å². The molecule has 0 radical (unpaired) electrons. The predicted molar refractivity (Wildman–Crippen MR) is 88.0 cm³/mol. The Labute approximate surface area is 138 Å². The number of likely N-dealkylation sites (tertiary alicyclic amines) is 1. The Morgan fingerprint density at radius 3 is 2.67 bits per heavy atom. The summed E-state index contributed by atoms with van der Waals surface area (Å²) in [5.41, 5.74) is 3.68. The number of rotatable bonds is 2. The van der Waals surface area contributed by atoms with Crippen molar-refractivity contribution in [3.05, 3.63) is 52.8 Å². The van der Waals surface area contributed by atoms with Crippen LogP contribution in [0.25, 0.3) is 6.08 Å². The first-order valence-corrected chi connectivity index (χ1v) is 7.80. The fourth-order valence-corrected chi connectivity index (χ4v) is 3.13. The molecule has 0 unspecified atom stereocenters. The number of aryl methyl sites for hydroxylation is 1. The number of carbonyl (C=O) groups excluding carboxylic acids is 3. The van der Waals surface area contributed by atoms with Gasteiger partial charge < -0.3 is 10.2 Å². The minimum absolute atomic E-state index is 0.00914. The molecular formula is C18H15N3O3. The van der Waals surface area contributed by atoms with E-state index in [4.69, 9.17) is 0 Å². The van der Waals surface area contributed by atoms with Gasteiger partial charge in [-0.3, -0.25) is 14.4 Å². The first-order valence-electron chi connectivity index (χ1n) is 7.80. The number of anilines is 1. The average molecular weight is 321 g/mol. The van der Waals surface area contributed by atoms with Crippen LogP contribution in [-0.2, 0) is 20.8 Å². The van der Waals surface area contributed by atoms with Crippen LogP contribution in [0.4, 0.5) is 5.82 Å². The van der Waals surface area contributed by atoms with E-state index in [9.17, 15) is 14.4 Å². The standard InChI is InChI=1S/C18H15N3O3/c22-15-6-13-9-21(10-14(13)7-15)17(24)4-1-11-5-12-2-3-16(23)20-18(12)19-8-11/h1,4-8H,2-3,9-10H2,(H,19,20,23). The number of nitrogens with one attached hydrogen (secondary N) is 1. The van der Waals surface area contributed by atoms with Crippen molar-refractivity contribution in [2.45, 2.75) is 12.8 Å². The van der Waals surface area contributed by atoms with Gasteiger partial charge in [-0.05, 0) is 53.0 Å². The number of aromatic nitrogens is 1. The molecule has 2 aliphatic heterocycles. The molecule has 1 aromatic heterocycles. The topological polar surface area (TPSA) is 79.4 Å². The van der Waals surface area contributed by atoms with Crippen LogP contribution in [0, 0.1) is 0 Å². The third kappa shape index (κ3) is 2.67. The zero-order valence-corrected chi connectivity index (χ0v) is 12.9. The maximum atomic E-state index is 12.3. The summed E-state index contributed by atoms with van der Waals surface area (Å²) in [4.78, 5) is 40.8. The van der Waals surface area contributed by atoms with E-state index in [1.165, 1.54) is 6.08 Å². The van der Waals surface area contributed by atoms with Crippen LogP contribution >= 0.6 is 0 Å². The molecule has 4 rings (SSSR count). The number of ketones is 1. The largest absolute Gasteiger partial charge is 0.330 e. The lowest BCUT2D eigenvalue weighted by molar-refractivity contribution is -0.124. The fourth-order valence-electron chi connectivity index (χ4n) is 3.13. The van der Waals surface area contributed by atoms with E-state index in [0.29, 0.717) is 31.7 Å². The van der Waals surface area contributed by atoms with Gasteiger partial charge in [0, 0.05) is 31.8 Å².